The van der Waals surface area contributed by atoms with Crippen molar-refractivity contribution < 1.29 is 37.4 Å². The normalized spacial score (nSPS) is 21.7. The number of aromatic nitrogens is 3. The van der Waals surface area contributed by atoms with Gasteiger partial charge in [0, 0.05) is 87.5 Å². The molecule has 0 radical (unpaired) electrons. The first-order valence-electron chi connectivity index (χ1n) is 22.1. The number of carbonyl (C=O) groups is 4. The quantitative estimate of drug-likeness (QED) is 0.172. The Kier molecular flexibility index (Phi) is 12.4. The van der Waals surface area contributed by atoms with Crippen LogP contribution in [-0.2, 0) is 25.7 Å². The number of amides is 4. The summed E-state index contributed by atoms with van der Waals surface area (Å²) in [6.45, 7) is 7.12. The van der Waals surface area contributed by atoms with Crippen LogP contribution in [0.2, 0.25) is 5.02 Å². The van der Waals surface area contributed by atoms with E-state index in [1.165, 1.54) is 11.9 Å². The fourth-order valence-corrected chi connectivity index (χ4v) is 9.76. The Hall–Kier alpha value is -5.92. The third-order valence-corrected chi connectivity index (χ3v) is 13.5. The summed E-state index contributed by atoms with van der Waals surface area (Å²) in [6, 6.07) is 7.55. The molecule has 4 aliphatic heterocycles. The Morgan fingerprint density at radius 2 is 1.72 bits per heavy atom. The molecule has 65 heavy (non-hydrogen) atoms. The lowest BCUT2D eigenvalue weighted by atomic mass is 9.87. The minimum atomic E-state index is -1.08. The van der Waals surface area contributed by atoms with Crippen LogP contribution in [0.3, 0.4) is 0 Å². The molecule has 2 aromatic carbocycles. The molecule has 4 amide bonds. The summed E-state index contributed by atoms with van der Waals surface area (Å²) >= 11 is 6.59. The van der Waals surface area contributed by atoms with Gasteiger partial charge in [-0.05, 0) is 70.2 Å². The molecule has 2 aromatic heterocycles. The number of anilines is 4. The lowest BCUT2D eigenvalue weighted by Gasteiger charge is -2.48. The van der Waals surface area contributed by atoms with Gasteiger partial charge < -0.3 is 39.4 Å². The predicted molar refractivity (Wildman–Crippen MR) is 238 cm³/mol. The van der Waals surface area contributed by atoms with Crippen LogP contribution >= 0.6 is 11.6 Å². The molecule has 17 nitrogen and oxygen atoms in total. The Bertz CT molecular complexity index is 2610. The summed E-state index contributed by atoms with van der Waals surface area (Å²) in [5, 5.41) is 9.13. The molecule has 1 saturated carbocycles. The standard InChI is InChI=1S/C45H51ClF2N10O7/c1-24(2)58-33-5-4-26(16-25(33)17-36(43(58)62)64-23-38(60)49-3)51-41-31(46)21-50-45(53-41)56-10-8-28(9-11-56)65-29-18-27(19-29)54-12-14-55(15-13-54)35-20-32(47)40(48)30-22-57(44(63)39(30)35)34-6-7-37(59)52-42(34)61/h4-5,16-17,20-21,24,27-29,34H,6-15,18-19,22-23H2,1-3H3,(H,49,60)(H,50,51,53)(H,52,59,61). The summed E-state index contributed by atoms with van der Waals surface area (Å²) in [4.78, 5) is 80.0. The first-order valence-corrected chi connectivity index (χ1v) is 22.5. The van der Waals surface area contributed by atoms with Crippen molar-refractivity contribution in [3.05, 3.63) is 74.7 Å². The number of piperazine rings is 1. The number of hydrogen-bond donors (Lipinski definition) is 3. The molecule has 20 heteroatoms. The number of piperidine rings is 2. The maximum absolute atomic E-state index is 15.1. The Labute approximate surface area is 378 Å². The number of nitrogens with zero attached hydrogens (tertiary/aromatic N) is 7. The molecule has 3 saturated heterocycles. The van der Waals surface area contributed by atoms with E-state index in [2.05, 4.69) is 30.7 Å². The van der Waals surface area contributed by atoms with Crippen molar-refractivity contribution in [2.24, 2.45) is 0 Å². The third kappa shape index (κ3) is 8.80. The Balaban J connectivity index is 0.763. The molecule has 4 aromatic rings. The van der Waals surface area contributed by atoms with Gasteiger partial charge in [0.1, 0.15) is 11.1 Å². The van der Waals surface area contributed by atoms with Crippen LogP contribution in [0.4, 0.5) is 31.9 Å². The first-order chi connectivity index (χ1) is 31.3. The molecule has 344 valence electrons. The van der Waals surface area contributed by atoms with E-state index < -0.39 is 35.4 Å². The highest BCUT2D eigenvalue weighted by Gasteiger charge is 2.44. The summed E-state index contributed by atoms with van der Waals surface area (Å²) in [7, 11) is 1.50. The van der Waals surface area contributed by atoms with Gasteiger partial charge in [-0.2, -0.15) is 4.98 Å². The van der Waals surface area contributed by atoms with E-state index in [4.69, 9.17) is 26.1 Å². The number of likely N-dealkylation sites (N-methyl/N-ethyl adjacent to an activating group) is 1. The van der Waals surface area contributed by atoms with Crippen molar-refractivity contribution in [2.45, 2.75) is 89.3 Å². The predicted octanol–water partition coefficient (Wildman–Crippen LogP) is 4.27. The van der Waals surface area contributed by atoms with Gasteiger partial charge in [-0.1, -0.05) is 11.6 Å². The maximum Gasteiger partial charge on any atom is 0.293 e. The molecule has 1 unspecified atom stereocenters. The fourth-order valence-electron chi connectivity index (χ4n) is 9.62. The molecule has 5 aliphatic rings. The molecule has 6 heterocycles. The van der Waals surface area contributed by atoms with Gasteiger partial charge in [0.05, 0.1) is 41.7 Å². The average Bonchev–Trinajstić information content (AvgIpc) is 3.62. The van der Waals surface area contributed by atoms with Crippen LogP contribution in [-0.4, -0.2) is 125 Å². The van der Waals surface area contributed by atoms with Gasteiger partial charge in [0.2, 0.25) is 17.8 Å². The molecular weight excluding hydrogens is 866 g/mol. The van der Waals surface area contributed by atoms with Gasteiger partial charge in [-0.3, -0.25) is 34.2 Å². The minimum absolute atomic E-state index is 0.0493. The smallest absolute Gasteiger partial charge is 0.293 e. The number of ether oxygens (including phenoxy) is 2. The van der Waals surface area contributed by atoms with Gasteiger partial charge in [-0.15, -0.1) is 0 Å². The Morgan fingerprint density at radius 1 is 0.969 bits per heavy atom. The van der Waals surface area contributed by atoms with Crippen LogP contribution < -0.4 is 36.0 Å². The van der Waals surface area contributed by atoms with Gasteiger partial charge in [0.25, 0.3) is 17.4 Å². The zero-order chi connectivity index (χ0) is 45.7. The SMILES string of the molecule is CNC(=O)COc1cc2cc(Nc3nc(N4CCC(OC5CC(N6CCN(c7cc(F)c(F)c8c7C(=O)N(C7CCC(=O)NC7=O)C8)CC6)C5)CC4)ncc3Cl)ccc2n(C(C)C)c1=O. The number of imide groups is 1. The molecule has 4 fully saturated rings. The Morgan fingerprint density at radius 3 is 2.43 bits per heavy atom. The van der Waals surface area contributed by atoms with Crippen molar-refractivity contribution in [1.82, 2.24) is 35.0 Å². The van der Waals surface area contributed by atoms with Crippen molar-refractivity contribution in [1.29, 1.82) is 0 Å². The summed E-state index contributed by atoms with van der Waals surface area (Å²) in [6.07, 6.45) is 5.41. The number of carbonyl (C=O) groups excluding carboxylic acids is 4. The highest BCUT2D eigenvalue weighted by molar-refractivity contribution is 6.33. The lowest BCUT2D eigenvalue weighted by Crippen LogP contribution is -2.56. The maximum atomic E-state index is 15.1. The summed E-state index contributed by atoms with van der Waals surface area (Å²) in [5.41, 5.74) is 1.46. The van der Waals surface area contributed by atoms with Crippen molar-refractivity contribution in [3.63, 3.8) is 0 Å². The van der Waals surface area contributed by atoms with Crippen LogP contribution in [0.15, 0.2) is 41.3 Å². The number of fused-ring (bicyclic) bond motifs is 2. The number of nitrogens with one attached hydrogen (secondary N) is 3. The van der Waals surface area contributed by atoms with Crippen LogP contribution in [0.5, 0.6) is 5.75 Å². The van der Waals surface area contributed by atoms with Gasteiger partial charge >= 0.3 is 0 Å². The second kappa shape index (κ2) is 18.2. The minimum Gasteiger partial charge on any atom is -0.478 e. The van der Waals surface area contributed by atoms with E-state index >= 15 is 4.39 Å². The number of benzene rings is 2. The molecule has 3 N–H and O–H groups in total. The first kappa shape index (κ1) is 44.3. The van der Waals surface area contributed by atoms with E-state index in [1.807, 2.05) is 36.9 Å². The molecule has 1 aliphatic carbocycles. The second-order valence-corrected chi connectivity index (χ2v) is 17.9. The van der Waals surface area contributed by atoms with E-state index in [9.17, 15) is 28.4 Å². The van der Waals surface area contributed by atoms with E-state index in [-0.39, 0.29) is 72.6 Å². The molecular formula is C45H51ClF2N10O7. The van der Waals surface area contributed by atoms with Crippen molar-refractivity contribution in [2.75, 3.05) is 68.0 Å². The number of rotatable bonds is 12. The second-order valence-electron chi connectivity index (χ2n) is 17.5. The number of hydrogen-bond acceptors (Lipinski definition) is 13. The van der Waals surface area contributed by atoms with Crippen LogP contribution in [0.25, 0.3) is 10.9 Å². The van der Waals surface area contributed by atoms with E-state index in [0.29, 0.717) is 79.0 Å². The molecule has 9 rings (SSSR count). The summed E-state index contributed by atoms with van der Waals surface area (Å²) < 4.78 is 43.8. The lowest BCUT2D eigenvalue weighted by molar-refractivity contribution is -0.137. The summed E-state index contributed by atoms with van der Waals surface area (Å²) in [5.74, 6) is -2.96. The average molecular weight is 917 g/mol. The van der Waals surface area contributed by atoms with Crippen molar-refractivity contribution >= 4 is 69.3 Å². The van der Waals surface area contributed by atoms with Crippen LogP contribution in [0, 0.1) is 11.6 Å². The zero-order valence-corrected chi connectivity index (χ0v) is 37.1. The zero-order valence-electron chi connectivity index (χ0n) is 36.4. The molecule has 0 spiro atoms. The van der Waals surface area contributed by atoms with Crippen molar-refractivity contribution in [3.8, 4) is 5.75 Å². The van der Waals surface area contributed by atoms with Gasteiger partial charge in [0.15, 0.2) is 29.8 Å². The topological polar surface area (TPSA) is 184 Å². The van der Waals surface area contributed by atoms with Crippen LogP contribution in [0.1, 0.15) is 74.3 Å². The monoisotopic (exact) mass is 916 g/mol. The fraction of sp³-hybridized carbons (Fsp3) is 0.489. The highest BCUT2D eigenvalue weighted by atomic mass is 35.5. The van der Waals surface area contributed by atoms with E-state index in [1.54, 1.807) is 16.8 Å². The highest BCUT2D eigenvalue weighted by Crippen LogP contribution is 2.39. The van der Waals surface area contributed by atoms with Gasteiger partial charge in [-0.25, -0.2) is 13.8 Å². The molecule has 0 bridgehead atoms. The third-order valence-electron chi connectivity index (χ3n) is 13.2. The van der Waals surface area contributed by atoms with E-state index in [0.717, 1.165) is 37.1 Å². The largest absolute Gasteiger partial charge is 0.478 e. The number of pyridine rings is 1. The number of halogens is 3. The molecule has 1 atom stereocenters.